The lowest BCUT2D eigenvalue weighted by molar-refractivity contribution is -0.122. The van der Waals surface area contributed by atoms with E-state index < -0.39 is 6.61 Å². The van der Waals surface area contributed by atoms with Crippen molar-refractivity contribution < 1.29 is 14.6 Å². The quantitative estimate of drug-likeness (QED) is 0.835. The molecule has 1 amide bonds. The Kier molecular flexibility index (Phi) is 2.87. The van der Waals surface area contributed by atoms with Crippen LogP contribution in [0.15, 0.2) is 36.1 Å². The van der Waals surface area contributed by atoms with Gasteiger partial charge < -0.3 is 14.7 Å². The van der Waals surface area contributed by atoms with Gasteiger partial charge in [0.2, 0.25) is 0 Å². The number of ether oxygens (including phenoxy) is 1. The zero-order valence-electron chi connectivity index (χ0n) is 15.0. The topological polar surface area (TPSA) is 53.0 Å². The molecule has 1 aliphatic carbocycles. The number of carbonyl (C=O) groups excluding carboxylic acids is 1. The molecule has 26 heavy (non-hydrogen) atoms. The van der Waals surface area contributed by atoms with Crippen LogP contribution in [-0.2, 0) is 14.9 Å². The Morgan fingerprint density at radius 1 is 1.38 bits per heavy atom. The summed E-state index contributed by atoms with van der Waals surface area (Å²) in [6, 6.07) is 8.81. The first-order chi connectivity index (χ1) is 12.7. The molecule has 2 saturated heterocycles. The van der Waals surface area contributed by atoms with Gasteiger partial charge in [0.05, 0.1) is 18.4 Å². The molecule has 2 bridgehead atoms. The van der Waals surface area contributed by atoms with Crippen molar-refractivity contribution in [1.82, 2.24) is 4.90 Å². The van der Waals surface area contributed by atoms with Crippen LogP contribution in [0.2, 0.25) is 0 Å². The van der Waals surface area contributed by atoms with Crippen LogP contribution in [0.5, 0.6) is 0 Å². The van der Waals surface area contributed by atoms with Gasteiger partial charge in [-0.15, -0.1) is 0 Å². The van der Waals surface area contributed by atoms with Gasteiger partial charge in [0.15, 0.2) is 0 Å². The van der Waals surface area contributed by atoms with Crippen molar-refractivity contribution in [1.29, 1.82) is 0 Å². The third kappa shape index (κ3) is 1.54. The van der Waals surface area contributed by atoms with E-state index >= 15 is 0 Å². The van der Waals surface area contributed by atoms with Crippen molar-refractivity contribution in [2.75, 3.05) is 24.6 Å². The van der Waals surface area contributed by atoms with Crippen LogP contribution >= 0.6 is 0 Å². The fourth-order valence-corrected chi connectivity index (χ4v) is 6.90. The summed E-state index contributed by atoms with van der Waals surface area (Å²) in [4.78, 5) is 17.4. The van der Waals surface area contributed by atoms with Gasteiger partial charge in [-0.05, 0) is 49.4 Å². The summed E-state index contributed by atoms with van der Waals surface area (Å²) in [6.45, 7) is 3.91. The number of nitrogens with zero attached hydrogens (tertiary/aromatic N) is 2. The van der Waals surface area contributed by atoms with E-state index in [1.807, 2.05) is 23.3 Å². The molecule has 6 atom stereocenters. The normalized spacial score (nSPS) is 42.0. The summed E-state index contributed by atoms with van der Waals surface area (Å²) >= 11 is 0. The van der Waals surface area contributed by atoms with Crippen molar-refractivity contribution in [2.24, 2.45) is 11.8 Å². The third-order valence-corrected chi connectivity index (χ3v) is 7.87. The van der Waals surface area contributed by atoms with Crippen LogP contribution in [0.1, 0.15) is 25.3 Å². The monoisotopic (exact) mass is 352 g/mol. The summed E-state index contributed by atoms with van der Waals surface area (Å²) in [5, 5.41) is 9.70. The molecule has 1 unspecified atom stereocenters. The molecule has 1 aromatic rings. The van der Waals surface area contributed by atoms with Crippen LogP contribution in [-0.4, -0.2) is 53.8 Å². The smallest absolute Gasteiger partial charge is 0.253 e. The predicted octanol–water partition coefficient (Wildman–Crippen LogP) is 1.66. The number of hydrogen-bond acceptors (Lipinski definition) is 4. The number of benzene rings is 1. The Morgan fingerprint density at radius 2 is 2.23 bits per heavy atom. The van der Waals surface area contributed by atoms with E-state index in [-0.39, 0.29) is 23.5 Å². The minimum absolute atomic E-state index is 0.0106. The molecule has 1 spiro atoms. The van der Waals surface area contributed by atoms with Crippen molar-refractivity contribution in [3.8, 4) is 0 Å². The highest BCUT2D eigenvalue weighted by Gasteiger charge is 2.68. The first-order valence-electron chi connectivity index (χ1n) is 9.78. The average molecular weight is 352 g/mol. The Labute approximate surface area is 153 Å². The Hall–Kier alpha value is -1.85. The lowest BCUT2D eigenvalue weighted by Crippen LogP contribution is -2.65. The fraction of sp³-hybridized carbons (Fsp3) is 0.571. The summed E-state index contributed by atoms with van der Waals surface area (Å²) in [5.41, 5.74) is 3.50. The van der Waals surface area contributed by atoms with Crippen molar-refractivity contribution in [3.63, 3.8) is 0 Å². The number of aliphatic hydroxyl groups excluding tert-OH is 1. The van der Waals surface area contributed by atoms with Crippen molar-refractivity contribution >= 4 is 11.6 Å². The molecule has 1 N–H and O–H groups in total. The fourth-order valence-electron chi connectivity index (χ4n) is 6.90. The van der Waals surface area contributed by atoms with Gasteiger partial charge in [-0.25, -0.2) is 0 Å². The molecule has 6 rings (SSSR count). The van der Waals surface area contributed by atoms with Crippen LogP contribution < -0.4 is 4.90 Å². The number of anilines is 1. The number of carbonyl (C=O) groups is 1. The van der Waals surface area contributed by atoms with Crippen LogP contribution in [0, 0.1) is 11.8 Å². The van der Waals surface area contributed by atoms with E-state index in [9.17, 15) is 9.90 Å². The maximum Gasteiger partial charge on any atom is 0.253 e. The maximum atomic E-state index is 12.8. The van der Waals surface area contributed by atoms with Crippen molar-refractivity contribution in [2.45, 2.75) is 43.4 Å². The highest BCUT2D eigenvalue weighted by molar-refractivity contribution is 5.99. The Bertz CT molecular complexity index is 836. The largest absolute Gasteiger partial charge is 0.498 e. The number of rotatable bonds is 1. The molecule has 5 aliphatic rings. The second-order valence-electron chi connectivity index (χ2n) is 8.61. The summed E-state index contributed by atoms with van der Waals surface area (Å²) < 4.78 is 6.08. The molecule has 1 saturated carbocycles. The van der Waals surface area contributed by atoms with Gasteiger partial charge in [-0.1, -0.05) is 18.2 Å². The van der Waals surface area contributed by atoms with Crippen molar-refractivity contribution in [3.05, 3.63) is 41.7 Å². The van der Waals surface area contributed by atoms with E-state index in [1.54, 1.807) is 0 Å². The Balaban J connectivity index is 1.63. The second kappa shape index (κ2) is 4.90. The molecule has 5 nitrogen and oxygen atoms in total. The van der Waals surface area contributed by atoms with E-state index in [0.29, 0.717) is 17.9 Å². The highest BCUT2D eigenvalue weighted by Crippen LogP contribution is 2.64. The number of amides is 1. The van der Waals surface area contributed by atoms with Gasteiger partial charge in [0.1, 0.15) is 6.61 Å². The van der Waals surface area contributed by atoms with Gasteiger partial charge in [0, 0.05) is 29.6 Å². The van der Waals surface area contributed by atoms with Gasteiger partial charge in [-0.2, -0.15) is 0 Å². The molecule has 0 radical (unpaired) electrons. The van der Waals surface area contributed by atoms with Gasteiger partial charge in [-0.3, -0.25) is 9.69 Å². The number of piperidine rings is 1. The first kappa shape index (κ1) is 15.2. The van der Waals surface area contributed by atoms with E-state index in [4.69, 9.17) is 4.74 Å². The van der Waals surface area contributed by atoms with Crippen LogP contribution in [0.3, 0.4) is 0 Å². The number of hydrogen-bond donors (Lipinski definition) is 1. The molecule has 4 heterocycles. The molecule has 136 valence electrons. The third-order valence-electron chi connectivity index (χ3n) is 7.87. The summed E-state index contributed by atoms with van der Waals surface area (Å²) in [5.74, 6) is 0.783. The molecular formula is C21H24N2O3. The SMILES string of the molecule is C[C@H]1OC=C2[C@H]3C[C@@H]4N(CCC45c4ccccc4N(C(=O)CO)[C@@H]25)C[C@H]31. The molecule has 5 heteroatoms. The lowest BCUT2D eigenvalue weighted by Gasteiger charge is -2.57. The van der Waals surface area contributed by atoms with E-state index in [2.05, 4.69) is 24.0 Å². The summed E-state index contributed by atoms with van der Waals surface area (Å²) in [7, 11) is 0. The highest BCUT2D eigenvalue weighted by atomic mass is 16.5. The molecule has 3 fully saturated rings. The zero-order valence-corrected chi connectivity index (χ0v) is 15.0. The van der Waals surface area contributed by atoms with E-state index in [0.717, 1.165) is 31.6 Å². The minimum atomic E-state index is -0.450. The first-order valence-corrected chi connectivity index (χ1v) is 9.78. The lowest BCUT2D eigenvalue weighted by atomic mass is 9.56. The standard InChI is InChI=1S/C21H24N2O3/c1-12-14-9-22-7-6-21-16-4-2-3-5-17(16)23(19(25)10-24)20(21)15(11-26-12)13(14)8-18(21)22/h2-5,11-14,18,20,24H,6-10H2,1H3/t12-,13+,14+,18+,20+,21?/m1/s1. The number of para-hydroxylation sites is 1. The summed E-state index contributed by atoms with van der Waals surface area (Å²) in [6.07, 6.45) is 4.42. The second-order valence-corrected chi connectivity index (χ2v) is 8.61. The van der Waals surface area contributed by atoms with Gasteiger partial charge >= 0.3 is 0 Å². The minimum Gasteiger partial charge on any atom is -0.498 e. The molecule has 0 aromatic heterocycles. The zero-order chi connectivity index (χ0) is 17.6. The average Bonchev–Trinajstić information content (AvgIpc) is 3.20. The molecular weight excluding hydrogens is 328 g/mol. The number of fused-ring (bicyclic) bond motifs is 2. The Morgan fingerprint density at radius 3 is 3.08 bits per heavy atom. The van der Waals surface area contributed by atoms with Crippen LogP contribution in [0.4, 0.5) is 5.69 Å². The van der Waals surface area contributed by atoms with Crippen LogP contribution in [0.25, 0.3) is 0 Å². The number of aliphatic hydroxyl groups is 1. The maximum absolute atomic E-state index is 12.8. The molecule has 4 aliphatic heterocycles. The van der Waals surface area contributed by atoms with E-state index in [1.165, 1.54) is 11.1 Å². The molecule has 1 aromatic carbocycles. The predicted molar refractivity (Wildman–Crippen MR) is 96.7 cm³/mol. The van der Waals surface area contributed by atoms with Gasteiger partial charge in [0.25, 0.3) is 5.91 Å².